The highest BCUT2D eigenvalue weighted by Crippen LogP contribution is 2.28. The van der Waals surface area contributed by atoms with Gasteiger partial charge in [-0.1, -0.05) is 78.3 Å². The fourth-order valence-electron chi connectivity index (χ4n) is 4.35. The molecule has 0 aromatic heterocycles. The molecule has 1 aliphatic rings. The molecule has 4 rings (SSSR count). The zero-order valence-corrected chi connectivity index (χ0v) is 20.2. The number of benzene rings is 3. The number of morpholine rings is 1. The second-order valence-electron chi connectivity index (χ2n) is 8.54. The number of urea groups is 1. The molecule has 0 saturated carbocycles. The van der Waals surface area contributed by atoms with E-state index in [9.17, 15) is 4.79 Å². The van der Waals surface area contributed by atoms with Gasteiger partial charge in [-0.2, -0.15) is 0 Å². The Labute approximate surface area is 207 Å². The van der Waals surface area contributed by atoms with Gasteiger partial charge in [0.2, 0.25) is 0 Å². The number of anilines is 1. The summed E-state index contributed by atoms with van der Waals surface area (Å²) in [6.45, 7) is 5.43. The molecule has 0 radical (unpaired) electrons. The second-order valence-corrected chi connectivity index (χ2v) is 8.98. The summed E-state index contributed by atoms with van der Waals surface area (Å²) < 4.78 is 5.47. The van der Waals surface area contributed by atoms with E-state index < -0.39 is 0 Å². The third-order valence-corrected chi connectivity index (χ3v) is 6.48. The van der Waals surface area contributed by atoms with E-state index in [1.807, 2.05) is 29.2 Å². The molecule has 0 unspecified atom stereocenters. The predicted octanol–water partition coefficient (Wildman–Crippen LogP) is 5.73. The summed E-state index contributed by atoms with van der Waals surface area (Å²) >= 11 is 6.13. The number of carbonyl (C=O) groups excluding carboxylic acids is 1. The minimum absolute atomic E-state index is 0.101. The summed E-state index contributed by atoms with van der Waals surface area (Å²) in [5, 5.41) is 3.64. The maximum absolute atomic E-state index is 13.3. The highest BCUT2D eigenvalue weighted by Gasteiger charge is 2.20. The van der Waals surface area contributed by atoms with Crippen LogP contribution in [0.5, 0.6) is 0 Å². The van der Waals surface area contributed by atoms with Crippen LogP contribution in [0.3, 0.4) is 0 Å². The van der Waals surface area contributed by atoms with Gasteiger partial charge in [0.15, 0.2) is 0 Å². The van der Waals surface area contributed by atoms with E-state index in [0.29, 0.717) is 23.8 Å². The first-order chi connectivity index (χ1) is 16.7. The summed E-state index contributed by atoms with van der Waals surface area (Å²) in [5.41, 5.74) is 3.23. The molecule has 0 aliphatic carbocycles. The van der Waals surface area contributed by atoms with Crippen molar-refractivity contribution in [2.24, 2.45) is 0 Å². The summed E-state index contributed by atoms with van der Waals surface area (Å²) in [5.74, 6) is 0.215. The van der Waals surface area contributed by atoms with E-state index >= 15 is 0 Å². The first-order valence-electron chi connectivity index (χ1n) is 11.9. The molecule has 2 amide bonds. The summed E-state index contributed by atoms with van der Waals surface area (Å²) in [7, 11) is 0. The number of hydrogen-bond donors (Lipinski definition) is 1. The second kappa shape index (κ2) is 12.6. The Hall–Kier alpha value is -2.86. The van der Waals surface area contributed by atoms with Crippen molar-refractivity contribution in [3.8, 4) is 0 Å². The highest BCUT2D eigenvalue weighted by atomic mass is 35.5. The van der Waals surface area contributed by atoms with Crippen molar-refractivity contribution in [1.29, 1.82) is 0 Å². The molecule has 5 nitrogen and oxygen atoms in total. The van der Waals surface area contributed by atoms with Crippen molar-refractivity contribution in [1.82, 2.24) is 9.80 Å². The molecular weight excluding hydrogens is 446 g/mol. The van der Waals surface area contributed by atoms with Gasteiger partial charge in [0.05, 0.1) is 13.2 Å². The number of amides is 2. The Morgan fingerprint density at radius 1 is 0.912 bits per heavy atom. The fourth-order valence-corrected chi connectivity index (χ4v) is 4.54. The van der Waals surface area contributed by atoms with Gasteiger partial charge in [0, 0.05) is 49.4 Å². The Kier molecular flexibility index (Phi) is 8.97. The molecule has 1 fully saturated rings. The van der Waals surface area contributed by atoms with E-state index in [0.717, 1.165) is 39.3 Å². The fraction of sp³-hybridized carbons (Fsp3) is 0.321. The first kappa shape index (κ1) is 24.3. The lowest BCUT2D eigenvalue weighted by molar-refractivity contribution is 0.0351. The molecule has 1 saturated heterocycles. The van der Waals surface area contributed by atoms with Crippen molar-refractivity contribution in [3.63, 3.8) is 0 Å². The van der Waals surface area contributed by atoms with Gasteiger partial charge in [-0.25, -0.2) is 4.79 Å². The van der Waals surface area contributed by atoms with E-state index in [1.54, 1.807) is 12.1 Å². The monoisotopic (exact) mass is 477 g/mol. The van der Waals surface area contributed by atoms with Gasteiger partial charge in [0.1, 0.15) is 0 Å². The average Bonchev–Trinajstić information content (AvgIpc) is 2.88. The van der Waals surface area contributed by atoms with Crippen molar-refractivity contribution < 1.29 is 9.53 Å². The number of ether oxygens (including phenoxy) is 1. The van der Waals surface area contributed by atoms with Crippen LogP contribution < -0.4 is 5.32 Å². The van der Waals surface area contributed by atoms with Crippen LogP contribution in [0.1, 0.15) is 23.5 Å². The van der Waals surface area contributed by atoms with Crippen LogP contribution >= 0.6 is 11.6 Å². The summed E-state index contributed by atoms with van der Waals surface area (Å²) in [4.78, 5) is 17.6. The highest BCUT2D eigenvalue weighted by molar-refractivity contribution is 6.30. The van der Waals surface area contributed by atoms with Crippen LogP contribution in [-0.4, -0.2) is 61.8 Å². The lowest BCUT2D eigenvalue weighted by atomic mass is 9.88. The zero-order valence-electron chi connectivity index (χ0n) is 19.4. The number of nitrogens with zero attached hydrogens (tertiary/aromatic N) is 2. The molecular formula is C28H32ClN3O2. The largest absolute Gasteiger partial charge is 0.379 e. The molecule has 3 aromatic rings. The first-order valence-corrected chi connectivity index (χ1v) is 12.3. The minimum Gasteiger partial charge on any atom is -0.379 e. The van der Waals surface area contributed by atoms with Crippen LogP contribution in [0.15, 0.2) is 84.9 Å². The van der Waals surface area contributed by atoms with Crippen molar-refractivity contribution >= 4 is 23.3 Å². The molecule has 1 N–H and O–H groups in total. The van der Waals surface area contributed by atoms with Gasteiger partial charge in [-0.05, 0) is 35.7 Å². The predicted molar refractivity (Wildman–Crippen MR) is 139 cm³/mol. The molecule has 178 valence electrons. The third-order valence-electron chi connectivity index (χ3n) is 6.24. The van der Waals surface area contributed by atoms with Crippen LogP contribution in [0.2, 0.25) is 5.02 Å². The number of halogens is 1. The van der Waals surface area contributed by atoms with Crippen molar-refractivity contribution in [2.75, 3.05) is 51.3 Å². The zero-order chi connectivity index (χ0) is 23.6. The molecule has 0 bridgehead atoms. The Balaban J connectivity index is 1.48. The van der Waals surface area contributed by atoms with Gasteiger partial charge in [-0.3, -0.25) is 4.90 Å². The third kappa shape index (κ3) is 7.07. The van der Waals surface area contributed by atoms with E-state index in [2.05, 4.69) is 58.7 Å². The smallest absolute Gasteiger partial charge is 0.321 e. The van der Waals surface area contributed by atoms with Crippen LogP contribution in [0.25, 0.3) is 0 Å². The Bertz CT molecular complexity index is 987. The van der Waals surface area contributed by atoms with Gasteiger partial charge >= 0.3 is 6.03 Å². The topological polar surface area (TPSA) is 44.8 Å². The van der Waals surface area contributed by atoms with Crippen LogP contribution in [0.4, 0.5) is 10.5 Å². The van der Waals surface area contributed by atoms with Gasteiger partial charge in [-0.15, -0.1) is 0 Å². The number of rotatable bonds is 9. The minimum atomic E-state index is -0.101. The number of hydrogen-bond acceptors (Lipinski definition) is 3. The van der Waals surface area contributed by atoms with Crippen molar-refractivity contribution in [3.05, 3.63) is 101 Å². The van der Waals surface area contributed by atoms with E-state index in [4.69, 9.17) is 16.3 Å². The number of carbonyl (C=O) groups is 1. The Morgan fingerprint density at radius 3 is 2.18 bits per heavy atom. The van der Waals surface area contributed by atoms with Crippen molar-refractivity contribution in [2.45, 2.75) is 12.3 Å². The number of nitrogens with one attached hydrogen (secondary N) is 1. The van der Waals surface area contributed by atoms with E-state index in [-0.39, 0.29) is 11.9 Å². The molecule has 1 heterocycles. The SMILES string of the molecule is O=C(Nc1cccc(Cl)c1)N(CCC(c1ccccc1)c1ccccc1)CCN1CCOCC1. The normalized spacial score (nSPS) is 14.2. The molecule has 6 heteroatoms. The maximum Gasteiger partial charge on any atom is 0.321 e. The summed E-state index contributed by atoms with van der Waals surface area (Å²) in [6.07, 6.45) is 0.833. The summed E-state index contributed by atoms with van der Waals surface area (Å²) in [6, 6.07) is 28.2. The van der Waals surface area contributed by atoms with Crippen LogP contribution in [0, 0.1) is 0 Å². The quantitative estimate of drug-likeness (QED) is 0.428. The maximum atomic E-state index is 13.3. The van der Waals surface area contributed by atoms with Gasteiger partial charge in [0.25, 0.3) is 0 Å². The van der Waals surface area contributed by atoms with E-state index in [1.165, 1.54) is 11.1 Å². The Morgan fingerprint density at radius 2 is 1.56 bits per heavy atom. The molecule has 34 heavy (non-hydrogen) atoms. The van der Waals surface area contributed by atoms with Crippen LogP contribution in [-0.2, 0) is 4.74 Å². The molecule has 3 aromatic carbocycles. The van der Waals surface area contributed by atoms with Gasteiger partial charge < -0.3 is 15.0 Å². The molecule has 0 atom stereocenters. The lowest BCUT2D eigenvalue weighted by Crippen LogP contribution is -2.44. The molecule has 1 aliphatic heterocycles. The lowest BCUT2D eigenvalue weighted by Gasteiger charge is -2.31. The standard InChI is InChI=1S/C28H32ClN3O2/c29-25-12-7-13-26(22-25)30-28(33)32(17-16-31-18-20-34-21-19-31)15-14-27(23-8-3-1-4-9-23)24-10-5-2-6-11-24/h1-13,22,27H,14-21H2,(H,30,33). The molecule has 0 spiro atoms. The average molecular weight is 478 g/mol.